The molecule has 0 fully saturated rings. The van der Waals surface area contributed by atoms with Crippen LogP contribution >= 0.6 is 0 Å². The van der Waals surface area contributed by atoms with E-state index in [1.54, 1.807) is 38.4 Å². The molecule has 0 spiro atoms. The molecule has 0 saturated heterocycles. The molecular formula is C21H25F3N4O2. The molecule has 0 atom stereocenters. The van der Waals surface area contributed by atoms with Crippen molar-refractivity contribution in [1.82, 2.24) is 15.5 Å². The maximum Gasteiger partial charge on any atom is 0.573 e. The Labute approximate surface area is 173 Å². The van der Waals surface area contributed by atoms with E-state index in [0.717, 1.165) is 5.56 Å². The van der Waals surface area contributed by atoms with Gasteiger partial charge in [-0.15, -0.1) is 13.2 Å². The minimum Gasteiger partial charge on any atom is -0.405 e. The first-order valence-corrected chi connectivity index (χ1v) is 9.36. The lowest BCUT2D eigenvalue weighted by Crippen LogP contribution is -2.37. The standard InChI is InChI=1S/C21H25F3N4O2/c1-4-25-20(26-13-15-9-11-16(12-10-15)19(29)28(2)3)27-14-17-7-5-6-8-18(17)30-21(22,23)24/h5-12H,4,13-14H2,1-3H3,(H2,25,26,27). The van der Waals surface area contributed by atoms with Gasteiger partial charge in [-0.05, 0) is 30.7 Å². The number of benzene rings is 2. The molecule has 0 heterocycles. The zero-order chi connectivity index (χ0) is 22.1. The summed E-state index contributed by atoms with van der Waals surface area (Å²) >= 11 is 0. The second-order valence-corrected chi connectivity index (χ2v) is 6.60. The number of rotatable bonds is 7. The number of para-hydroxylation sites is 1. The number of ether oxygens (including phenoxy) is 1. The Bertz CT molecular complexity index is 865. The predicted octanol–water partition coefficient (Wildman–Crippen LogP) is 3.54. The van der Waals surface area contributed by atoms with E-state index in [4.69, 9.17) is 0 Å². The first-order chi connectivity index (χ1) is 14.2. The Morgan fingerprint density at radius 2 is 1.73 bits per heavy atom. The fraction of sp³-hybridized carbons (Fsp3) is 0.333. The zero-order valence-corrected chi connectivity index (χ0v) is 17.1. The normalized spacial score (nSPS) is 11.7. The topological polar surface area (TPSA) is 66.0 Å². The van der Waals surface area contributed by atoms with Crippen LogP contribution < -0.4 is 15.4 Å². The van der Waals surface area contributed by atoms with E-state index in [1.165, 1.54) is 17.0 Å². The maximum absolute atomic E-state index is 12.6. The van der Waals surface area contributed by atoms with Crippen molar-refractivity contribution in [2.24, 2.45) is 4.99 Å². The molecule has 162 valence electrons. The van der Waals surface area contributed by atoms with Crippen molar-refractivity contribution in [2.75, 3.05) is 20.6 Å². The summed E-state index contributed by atoms with van der Waals surface area (Å²) in [6.45, 7) is 2.92. The molecule has 9 heteroatoms. The molecule has 0 aliphatic rings. The molecule has 0 aliphatic carbocycles. The number of amides is 1. The monoisotopic (exact) mass is 422 g/mol. The summed E-state index contributed by atoms with van der Waals surface area (Å²) in [5, 5.41) is 6.06. The third kappa shape index (κ3) is 7.31. The summed E-state index contributed by atoms with van der Waals surface area (Å²) in [4.78, 5) is 17.9. The third-order valence-corrected chi connectivity index (χ3v) is 4.02. The van der Waals surface area contributed by atoms with Crippen molar-refractivity contribution in [1.29, 1.82) is 0 Å². The number of guanidine groups is 1. The lowest BCUT2D eigenvalue weighted by Gasteiger charge is -2.15. The van der Waals surface area contributed by atoms with Crippen molar-refractivity contribution in [2.45, 2.75) is 26.4 Å². The van der Waals surface area contributed by atoms with E-state index >= 15 is 0 Å². The van der Waals surface area contributed by atoms with Gasteiger partial charge < -0.3 is 20.3 Å². The number of nitrogens with zero attached hydrogens (tertiary/aromatic N) is 2. The lowest BCUT2D eigenvalue weighted by atomic mass is 10.1. The highest BCUT2D eigenvalue weighted by atomic mass is 19.4. The number of carbonyl (C=O) groups excluding carboxylic acids is 1. The third-order valence-electron chi connectivity index (χ3n) is 4.02. The number of nitrogens with one attached hydrogen (secondary N) is 2. The van der Waals surface area contributed by atoms with Crippen molar-refractivity contribution in [3.05, 3.63) is 65.2 Å². The minimum atomic E-state index is -4.76. The summed E-state index contributed by atoms with van der Waals surface area (Å²) in [5.74, 6) is 0.113. The highest BCUT2D eigenvalue weighted by molar-refractivity contribution is 5.93. The van der Waals surface area contributed by atoms with Gasteiger partial charge in [0.05, 0.1) is 6.54 Å². The van der Waals surface area contributed by atoms with Crippen LogP contribution in [0, 0.1) is 0 Å². The fourth-order valence-corrected chi connectivity index (χ4v) is 2.58. The molecule has 2 rings (SSSR count). The molecule has 0 radical (unpaired) electrons. The predicted molar refractivity (Wildman–Crippen MR) is 109 cm³/mol. The number of hydrogen-bond acceptors (Lipinski definition) is 3. The van der Waals surface area contributed by atoms with E-state index in [2.05, 4.69) is 20.4 Å². The molecule has 6 nitrogen and oxygen atoms in total. The molecule has 2 N–H and O–H groups in total. The summed E-state index contributed by atoms with van der Waals surface area (Å²) in [6.07, 6.45) is -4.76. The quantitative estimate of drug-likeness (QED) is 0.529. The molecule has 30 heavy (non-hydrogen) atoms. The number of aliphatic imine (C=N–C) groups is 1. The van der Waals surface area contributed by atoms with Crippen LogP contribution in [0.4, 0.5) is 13.2 Å². The van der Waals surface area contributed by atoms with Gasteiger partial charge in [0.2, 0.25) is 0 Å². The number of hydrogen-bond donors (Lipinski definition) is 2. The minimum absolute atomic E-state index is 0.0835. The van der Waals surface area contributed by atoms with E-state index in [9.17, 15) is 18.0 Å². The van der Waals surface area contributed by atoms with Crippen LogP contribution in [0.15, 0.2) is 53.5 Å². The summed E-state index contributed by atoms with van der Waals surface area (Å²) in [7, 11) is 3.37. The van der Waals surface area contributed by atoms with Gasteiger partial charge >= 0.3 is 6.36 Å². The Kier molecular flexibility index (Phi) is 8.08. The van der Waals surface area contributed by atoms with Crippen LogP contribution in [0.2, 0.25) is 0 Å². The molecule has 0 bridgehead atoms. The Hall–Kier alpha value is -3.23. The zero-order valence-electron chi connectivity index (χ0n) is 17.1. The molecule has 0 aromatic heterocycles. The van der Waals surface area contributed by atoms with E-state index in [0.29, 0.717) is 30.2 Å². The van der Waals surface area contributed by atoms with Crippen LogP contribution in [0.25, 0.3) is 0 Å². The summed E-state index contributed by atoms with van der Waals surface area (Å²) in [6, 6.07) is 13.0. The van der Waals surface area contributed by atoms with Gasteiger partial charge in [-0.2, -0.15) is 0 Å². The largest absolute Gasteiger partial charge is 0.573 e. The average Bonchev–Trinajstić information content (AvgIpc) is 2.69. The first kappa shape index (κ1) is 23.1. The maximum atomic E-state index is 12.6. The smallest absolute Gasteiger partial charge is 0.405 e. The number of carbonyl (C=O) groups is 1. The molecular weight excluding hydrogens is 397 g/mol. The van der Waals surface area contributed by atoms with Gasteiger partial charge in [0, 0.05) is 38.3 Å². The van der Waals surface area contributed by atoms with E-state index in [-0.39, 0.29) is 18.2 Å². The molecule has 0 unspecified atom stereocenters. The Morgan fingerprint density at radius 1 is 1.07 bits per heavy atom. The van der Waals surface area contributed by atoms with Crippen LogP contribution in [0.3, 0.4) is 0 Å². The van der Waals surface area contributed by atoms with Crippen molar-refractivity contribution in [3.8, 4) is 5.75 Å². The van der Waals surface area contributed by atoms with Crippen molar-refractivity contribution >= 4 is 11.9 Å². The molecule has 2 aromatic rings. The van der Waals surface area contributed by atoms with Gasteiger partial charge in [-0.25, -0.2) is 4.99 Å². The molecule has 1 amide bonds. The molecule has 2 aromatic carbocycles. The molecule has 0 saturated carbocycles. The Balaban J connectivity index is 2.04. The second kappa shape index (κ2) is 10.5. The van der Waals surface area contributed by atoms with Gasteiger partial charge in [0.25, 0.3) is 5.91 Å². The van der Waals surface area contributed by atoms with Crippen LogP contribution in [-0.4, -0.2) is 43.8 Å². The first-order valence-electron chi connectivity index (χ1n) is 9.36. The fourth-order valence-electron chi connectivity index (χ4n) is 2.58. The summed E-state index contributed by atoms with van der Waals surface area (Å²) < 4.78 is 41.8. The van der Waals surface area contributed by atoms with Crippen LogP contribution in [-0.2, 0) is 13.1 Å². The highest BCUT2D eigenvalue weighted by Crippen LogP contribution is 2.26. The highest BCUT2D eigenvalue weighted by Gasteiger charge is 2.31. The van der Waals surface area contributed by atoms with Gasteiger partial charge in [-0.3, -0.25) is 4.79 Å². The Morgan fingerprint density at radius 3 is 2.33 bits per heavy atom. The van der Waals surface area contributed by atoms with Gasteiger partial charge in [0.1, 0.15) is 5.75 Å². The SMILES string of the molecule is CCNC(=NCc1ccc(C(=O)N(C)C)cc1)NCc1ccccc1OC(F)(F)F. The van der Waals surface area contributed by atoms with Crippen molar-refractivity contribution in [3.63, 3.8) is 0 Å². The lowest BCUT2D eigenvalue weighted by molar-refractivity contribution is -0.274. The van der Waals surface area contributed by atoms with Crippen LogP contribution in [0.1, 0.15) is 28.4 Å². The van der Waals surface area contributed by atoms with Crippen molar-refractivity contribution < 1.29 is 22.7 Å². The van der Waals surface area contributed by atoms with E-state index in [1.807, 2.05) is 19.1 Å². The number of alkyl halides is 3. The number of halogens is 3. The van der Waals surface area contributed by atoms with Gasteiger partial charge in [-0.1, -0.05) is 30.3 Å². The summed E-state index contributed by atoms with van der Waals surface area (Å²) in [5.41, 5.74) is 1.83. The van der Waals surface area contributed by atoms with E-state index < -0.39 is 6.36 Å². The van der Waals surface area contributed by atoms with Gasteiger partial charge in [0.15, 0.2) is 5.96 Å². The average molecular weight is 422 g/mol. The molecule has 0 aliphatic heterocycles. The van der Waals surface area contributed by atoms with Crippen LogP contribution in [0.5, 0.6) is 5.75 Å². The second-order valence-electron chi connectivity index (χ2n) is 6.60.